The third-order valence-corrected chi connectivity index (χ3v) is 2.36. The van der Waals surface area contributed by atoms with Gasteiger partial charge in [-0.25, -0.2) is 9.37 Å². The van der Waals surface area contributed by atoms with E-state index >= 15 is 0 Å². The summed E-state index contributed by atoms with van der Waals surface area (Å²) in [6.07, 6.45) is 2.57. The second-order valence-corrected chi connectivity index (χ2v) is 3.67. The summed E-state index contributed by atoms with van der Waals surface area (Å²) in [6, 6.07) is 6.34. The SMILES string of the molecule is Fc1ccc(-c2cnc(CCS)[nH]2)cc1. The number of nitrogens with one attached hydrogen (secondary N) is 1. The van der Waals surface area contributed by atoms with Gasteiger partial charge in [-0.2, -0.15) is 12.6 Å². The first-order chi connectivity index (χ1) is 7.29. The molecule has 0 aliphatic carbocycles. The van der Waals surface area contributed by atoms with Crippen LogP contribution in [-0.2, 0) is 6.42 Å². The molecular formula is C11H11FN2S. The van der Waals surface area contributed by atoms with Crippen LogP contribution in [0.3, 0.4) is 0 Å². The van der Waals surface area contributed by atoms with Gasteiger partial charge in [0.05, 0.1) is 11.9 Å². The van der Waals surface area contributed by atoms with Crippen molar-refractivity contribution < 1.29 is 4.39 Å². The number of hydrogen-bond donors (Lipinski definition) is 2. The third-order valence-electron chi connectivity index (χ3n) is 2.13. The van der Waals surface area contributed by atoms with Crippen LogP contribution >= 0.6 is 12.6 Å². The molecule has 2 aromatic rings. The fourth-order valence-electron chi connectivity index (χ4n) is 1.37. The predicted octanol–water partition coefficient (Wildman–Crippen LogP) is 2.69. The maximum Gasteiger partial charge on any atom is 0.123 e. The van der Waals surface area contributed by atoms with Crippen molar-refractivity contribution in [3.8, 4) is 11.3 Å². The molecule has 1 N–H and O–H groups in total. The predicted molar refractivity (Wildman–Crippen MR) is 61.5 cm³/mol. The fourth-order valence-corrected chi connectivity index (χ4v) is 1.58. The Morgan fingerprint density at radius 3 is 2.67 bits per heavy atom. The minimum atomic E-state index is -0.228. The number of rotatable bonds is 3. The molecule has 2 rings (SSSR count). The average molecular weight is 222 g/mol. The summed E-state index contributed by atoms with van der Waals surface area (Å²) in [4.78, 5) is 7.37. The highest BCUT2D eigenvalue weighted by Gasteiger charge is 2.02. The van der Waals surface area contributed by atoms with Crippen LogP contribution in [-0.4, -0.2) is 15.7 Å². The maximum absolute atomic E-state index is 12.7. The molecule has 0 bridgehead atoms. The van der Waals surface area contributed by atoms with Gasteiger partial charge in [0.25, 0.3) is 0 Å². The molecule has 0 saturated carbocycles. The van der Waals surface area contributed by atoms with Gasteiger partial charge in [-0.05, 0) is 35.6 Å². The number of nitrogens with zero attached hydrogens (tertiary/aromatic N) is 1. The molecule has 1 aromatic heterocycles. The van der Waals surface area contributed by atoms with Crippen LogP contribution in [0, 0.1) is 5.82 Å². The molecule has 0 spiro atoms. The summed E-state index contributed by atoms with van der Waals surface area (Å²) < 4.78 is 12.7. The molecule has 1 heterocycles. The molecule has 2 nitrogen and oxygen atoms in total. The molecule has 1 aromatic carbocycles. The largest absolute Gasteiger partial charge is 0.342 e. The number of benzene rings is 1. The van der Waals surface area contributed by atoms with Gasteiger partial charge < -0.3 is 4.98 Å². The number of H-pyrrole nitrogens is 1. The summed E-state index contributed by atoms with van der Waals surface area (Å²) >= 11 is 4.13. The Morgan fingerprint density at radius 2 is 2.00 bits per heavy atom. The molecule has 0 unspecified atom stereocenters. The van der Waals surface area contributed by atoms with Gasteiger partial charge in [0, 0.05) is 6.42 Å². The van der Waals surface area contributed by atoms with E-state index in [4.69, 9.17) is 0 Å². The van der Waals surface area contributed by atoms with Crippen LogP contribution in [0.15, 0.2) is 30.5 Å². The Balaban J connectivity index is 2.25. The van der Waals surface area contributed by atoms with Crippen LogP contribution in [0.25, 0.3) is 11.3 Å². The normalized spacial score (nSPS) is 10.5. The number of aromatic nitrogens is 2. The first-order valence-corrected chi connectivity index (χ1v) is 5.33. The molecule has 0 aliphatic rings. The maximum atomic E-state index is 12.7. The lowest BCUT2D eigenvalue weighted by atomic mass is 10.2. The van der Waals surface area contributed by atoms with E-state index in [1.54, 1.807) is 18.3 Å². The van der Waals surface area contributed by atoms with E-state index in [-0.39, 0.29) is 5.82 Å². The number of aryl methyl sites for hydroxylation is 1. The summed E-state index contributed by atoms with van der Waals surface area (Å²) in [5.41, 5.74) is 1.85. The van der Waals surface area contributed by atoms with E-state index in [2.05, 4.69) is 22.6 Å². The molecule has 4 heteroatoms. The number of hydrogen-bond acceptors (Lipinski definition) is 2. The minimum absolute atomic E-state index is 0.228. The van der Waals surface area contributed by atoms with Gasteiger partial charge in [0.15, 0.2) is 0 Å². The Hall–Kier alpha value is -1.29. The van der Waals surface area contributed by atoms with Crippen LogP contribution in [0.4, 0.5) is 4.39 Å². The molecule has 15 heavy (non-hydrogen) atoms. The van der Waals surface area contributed by atoms with Crippen LogP contribution in [0.5, 0.6) is 0 Å². The second kappa shape index (κ2) is 4.49. The highest BCUT2D eigenvalue weighted by atomic mass is 32.1. The molecule has 0 fully saturated rings. The van der Waals surface area contributed by atoms with Gasteiger partial charge in [0.2, 0.25) is 0 Å². The zero-order chi connectivity index (χ0) is 10.7. The van der Waals surface area contributed by atoms with Crippen molar-refractivity contribution in [3.05, 3.63) is 42.1 Å². The van der Waals surface area contributed by atoms with E-state index in [0.29, 0.717) is 0 Å². The molecule has 0 radical (unpaired) electrons. The number of halogens is 1. The van der Waals surface area contributed by atoms with Crippen molar-refractivity contribution in [2.24, 2.45) is 0 Å². The Bertz CT molecular complexity index is 436. The van der Waals surface area contributed by atoms with Crippen LogP contribution in [0.1, 0.15) is 5.82 Å². The highest BCUT2D eigenvalue weighted by molar-refractivity contribution is 7.80. The van der Waals surface area contributed by atoms with E-state index < -0.39 is 0 Å². The molecular weight excluding hydrogens is 211 g/mol. The van der Waals surface area contributed by atoms with E-state index in [9.17, 15) is 4.39 Å². The Kier molecular flexibility index (Phi) is 3.06. The topological polar surface area (TPSA) is 28.7 Å². The number of aromatic amines is 1. The number of imidazole rings is 1. The van der Waals surface area contributed by atoms with Crippen molar-refractivity contribution >= 4 is 12.6 Å². The van der Waals surface area contributed by atoms with E-state index in [0.717, 1.165) is 29.3 Å². The van der Waals surface area contributed by atoms with Crippen molar-refractivity contribution in [1.82, 2.24) is 9.97 Å². The molecule has 0 aliphatic heterocycles. The smallest absolute Gasteiger partial charge is 0.123 e. The Labute approximate surface area is 93.0 Å². The summed E-state index contributed by atoms with van der Waals surface area (Å²) in [5.74, 6) is 1.44. The molecule has 0 amide bonds. The average Bonchev–Trinajstić information content (AvgIpc) is 2.68. The zero-order valence-electron chi connectivity index (χ0n) is 8.07. The van der Waals surface area contributed by atoms with Gasteiger partial charge in [-0.1, -0.05) is 0 Å². The lowest BCUT2D eigenvalue weighted by Crippen LogP contribution is -1.88. The molecule has 0 atom stereocenters. The Morgan fingerprint density at radius 1 is 1.27 bits per heavy atom. The van der Waals surface area contributed by atoms with Crippen LogP contribution in [0.2, 0.25) is 0 Å². The van der Waals surface area contributed by atoms with Gasteiger partial charge in [-0.3, -0.25) is 0 Å². The van der Waals surface area contributed by atoms with E-state index in [1.165, 1.54) is 12.1 Å². The van der Waals surface area contributed by atoms with Crippen molar-refractivity contribution in [3.63, 3.8) is 0 Å². The number of thiol groups is 1. The fraction of sp³-hybridized carbons (Fsp3) is 0.182. The molecule has 78 valence electrons. The van der Waals surface area contributed by atoms with E-state index in [1.807, 2.05) is 0 Å². The first kappa shape index (κ1) is 10.2. The first-order valence-electron chi connectivity index (χ1n) is 4.70. The highest BCUT2D eigenvalue weighted by Crippen LogP contribution is 2.17. The lowest BCUT2D eigenvalue weighted by molar-refractivity contribution is 0.628. The van der Waals surface area contributed by atoms with Crippen LogP contribution < -0.4 is 0 Å². The van der Waals surface area contributed by atoms with Crippen molar-refractivity contribution in [2.45, 2.75) is 6.42 Å². The second-order valence-electron chi connectivity index (χ2n) is 3.22. The van der Waals surface area contributed by atoms with Crippen molar-refractivity contribution in [1.29, 1.82) is 0 Å². The summed E-state index contributed by atoms with van der Waals surface area (Å²) in [5, 5.41) is 0. The standard InChI is InChI=1S/C11H11FN2S/c12-9-3-1-8(2-4-9)10-7-13-11(14-10)5-6-15/h1-4,7,15H,5-6H2,(H,13,14). The van der Waals surface area contributed by atoms with Crippen molar-refractivity contribution in [2.75, 3.05) is 5.75 Å². The van der Waals surface area contributed by atoms with Gasteiger partial charge in [-0.15, -0.1) is 0 Å². The quantitative estimate of drug-likeness (QED) is 0.768. The molecule has 0 saturated heterocycles. The zero-order valence-corrected chi connectivity index (χ0v) is 8.97. The summed E-state index contributed by atoms with van der Waals surface area (Å²) in [6.45, 7) is 0. The van der Waals surface area contributed by atoms with Gasteiger partial charge >= 0.3 is 0 Å². The lowest BCUT2D eigenvalue weighted by Gasteiger charge is -1.96. The minimum Gasteiger partial charge on any atom is -0.342 e. The summed E-state index contributed by atoms with van der Waals surface area (Å²) in [7, 11) is 0. The third kappa shape index (κ3) is 2.39. The monoisotopic (exact) mass is 222 g/mol. The van der Waals surface area contributed by atoms with Gasteiger partial charge in [0.1, 0.15) is 11.6 Å².